The summed E-state index contributed by atoms with van der Waals surface area (Å²) in [7, 11) is 4.02. The molecule has 0 spiro atoms. The molecule has 2 aromatic rings. The van der Waals surface area contributed by atoms with Crippen molar-refractivity contribution < 1.29 is 0 Å². The number of pyridine rings is 1. The number of nitrogens with zero attached hydrogens (tertiary/aromatic N) is 5. The van der Waals surface area contributed by atoms with Crippen molar-refractivity contribution >= 4 is 11.8 Å². The van der Waals surface area contributed by atoms with Gasteiger partial charge >= 0.3 is 0 Å². The van der Waals surface area contributed by atoms with E-state index in [0.29, 0.717) is 6.04 Å². The zero-order chi connectivity index (χ0) is 16.9. The van der Waals surface area contributed by atoms with Gasteiger partial charge in [0.2, 0.25) is 5.95 Å². The predicted molar refractivity (Wildman–Crippen MR) is 97.3 cm³/mol. The largest absolute Gasteiger partial charge is 0.362 e. The second kappa shape index (κ2) is 7.57. The summed E-state index contributed by atoms with van der Waals surface area (Å²) >= 11 is 0. The van der Waals surface area contributed by atoms with Gasteiger partial charge in [0, 0.05) is 57.4 Å². The number of hydrogen-bond acceptors (Lipinski definition) is 6. The maximum absolute atomic E-state index is 4.65. The summed E-state index contributed by atoms with van der Waals surface area (Å²) in [6, 6.07) is 4.52. The van der Waals surface area contributed by atoms with Crippen LogP contribution in [0.5, 0.6) is 0 Å². The van der Waals surface area contributed by atoms with Crippen molar-refractivity contribution in [2.75, 3.05) is 37.4 Å². The molecule has 3 heterocycles. The molecule has 1 aliphatic heterocycles. The standard InChI is InChI=1S/C18H26N6/c1-14-10-20-18(22-17(14)23(2)3)21-16-7-5-9-24(13-16)12-15-6-4-8-19-11-15/h4,6,8,10-11,16H,5,7,9,12-13H2,1-3H3,(H,20,21,22). The Labute approximate surface area is 143 Å². The number of likely N-dealkylation sites (tertiary alicyclic amines) is 1. The van der Waals surface area contributed by atoms with Gasteiger partial charge in [-0.2, -0.15) is 4.98 Å². The summed E-state index contributed by atoms with van der Waals surface area (Å²) in [5.41, 5.74) is 2.35. The highest BCUT2D eigenvalue weighted by Crippen LogP contribution is 2.19. The average Bonchev–Trinajstić information content (AvgIpc) is 2.58. The molecule has 6 heteroatoms. The third-order valence-electron chi connectivity index (χ3n) is 4.34. The van der Waals surface area contributed by atoms with Crippen molar-refractivity contribution in [1.82, 2.24) is 19.9 Å². The van der Waals surface area contributed by atoms with E-state index in [1.54, 1.807) is 0 Å². The van der Waals surface area contributed by atoms with E-state index in [2.05, 4.69) is 31.2 Å². The quantitative estimate of drug-likeness (QED) is 0.910. The van der Waals surface area contributed by atoms with Crippen molar-refractivity contribution in [3.8, 4) is 0 Å². The minimum atomic E-state index is 0.383. The highest BCUT2D eigenvalue weighted by molar-refractivity contribution is 5.47. The molecule has 0 amide bonds. The molecular formula is C18H26N6. The molecule has 1 aliphatic rings. The lowest BCUT2D eigenvalue weighted by molar-refractivity contribution is 0.208. The number of aryl methyl sites for hydroxylation is 1. The van der Waals surface area contributed by atoms with Gasteiger partial charge in [-0.05, 0) is 37.9 Å². The zero-order valence-electron chi connectivity index (χ0n) is 14.7. The van der Waals surface area contributed by atoms with Gasteiger partial charge < -0.3 is 10.2 Å². The Morgan fingerprint density at radius 3 is 2.96 bits per heavy atom. The zero-order valence-corrected chi connectivity index (χ0v) is 14.7. The van der Waals surface area contributed by atoms with Gasteiger partial charge in [-0.25, -0.2) is 4.98 Å². The third kappa shape index (κ3) is 4.20. The highest BCUT2D eigenvalue weighted by atomic mass is 15.2. The first-order valence-electron chi connectivity index (χ1n) is 8.50. The molecule has 24 heavy (non-hydrogen) atoms. The smallest absolute Gasteiger partial charge is 0.224 e. The fourth-order valence-corrected chi connectivity index (χ4v) is 3.20. The number of aromatic nitrogens is 3. The molecule has 3 rings (SSSR count). The fraction of sp³-hybridized carbons (Fsp3) is 0.500. The first kappa shape index (κ1) is 16.6. The van der Waals surface area contributed by atoms with E-state index in [0.717, 1.165) is 43.4 Å². The van der Waals surface area contributed by atoms with Crippen LogP contribution in [-0.2, 0) is 6.54 Å². The van der Waals surface area contributed by atoms with Gasteiger partial charge in [-0.3, -0.25) is 9.88 Å². The minimum Gasteiger partial charge on any atom is -0.362 e. The van der Waals surface area contributed by atoms with Crippen LogP contribution >= 0.6 is 0 Å². The molecule has 1 saturated heterocycles. The Morgan fingerprint density at radius 1 is 1.33 bits per heavy atom. The minimum absolute atomic E-state index is 0.383. The second-order valence-electron chi connectivity index (χ2n) is 6.67. The molecule has 0 saturated carbocycles. The molecule has 1 fully saturated rings. The molecule has 0 radical (unpaired) electrons. The van der Waals surface area contributed by atoms with Crippen LogP contribution in [0.3, 0.4) is 0 Å². The third-order valence-corrected chi connectivity index (χ3v) is 4.34. The van der Waals surface area contributed by atoms with Crippen LogP contribution in [0, 0.1) is 6.92 Å². The molecule has 1 unspecified atom stereocenters. The Kier molecular flexibility index (Phi) is 5.25. The number of hydrogen-bond donors (Lipinski definition) is 1. The monoisotopic (exact) mass is 326 g/mol. The summed E-state index contributed by atoms with van der Waals surface area (Å²) in [4.78, 5) is 17.8. The van der Waals surface area contributed by atoms with Crippen molar-refractivity contribution in [1.29, 1.82) is 0 Å². The maximum atomic E-state index is 4.65. The van der Waals surface area contributed by atoms with E-state index in [1.165, 1.54) is 12.0 Å². The van der Waals surface area contributed by atoms with Crippen molar-refractivity contribution in [3.05, 3.63) is 41.9 Å². The summed E-state index contributed by atoms with van der Waals surface area (Å²) in [6.07, 6.45) is 7.99. The lowest BCUT2D eigenvalue weighted by Crippen LogP contribution is -2.42. The van der Waals surface area contributed by atoms with Crippen molar-refractivity contribution in [2.45, 2.75) is 32.4 Å². The normalized spacial score (nSPS) is 18.4. The lowest BCUT2D eigenvalue weighted by atomic mass is 10.1. The van der Waals surface area contributed by atoms with Gasteiger partial charge in [0.05, 0.1) is 0 Å². The van der Waals surface area contributed by atoms with E-state index >= 15 is 0 Å². The number of piperidine rings is 1. The van der Waals surface area contributed by atoms with Crippen LogP contribution in [0.1, 0.15) is 24.0 Å². The molecule has 1 atom stereocenters. The maximum Gasteiger partial charge on any atom is 0.224 e. The van der Waals surface area contributed by atoms with Gasteiger partial charge in [0.15, 0.2) is 0 Å². The van der Waals surface area contributed by atoms with E-state index in [-0.39, 0.29) is 0 Å². The Hall–Kier alpha value is -2.21. The van der Waals surface area contributed by atoms with E-state index < -0.39 is 0 Å². The SMILES string of the molecule is Cc1cnc(NC2CCCN(Cc3cccnc3)C2)nc1N(C)C. The van der Waals surface area contributed by atoms with Crippen molar-refractivity contribution in [3.63, 3.8) is 0 Å². The van der Waals surface area contributed by atoms with Gasteiger partial charge in [0.25, 0.3) is 0 Å². The molecule has 2 aromatic heterocycles. The van der Waals surface area contributed by atoms with Crippen LogP contribution in [0.2, 0.25) is 0 Å². The molecule has 0 aromatic carbocycles. The van der Waals surface area contributed by atoms with Crippen LogP contribution in [0.15, 0.2) is 30.7 Å². The Morgan fingerprint density at radius 2 is 2.21 bits per heavy atom. The summed E-state index contributed by atoms with van der Waals surface area (Å²) in [6.45, 7) is 5.12. The van der Waals surface area contributed by atoms with Gasteiger partial charge in [0.1, 0.15) is 5.82 Å². The molecular weight excluding hydrogens is 300 g/mol. The predicted octanol–water partition coefficient (Wildman–Crippen LogP) is 2.32. The molecule has 0 bridgehead atoms. The van der Waals surface area contributed by atoms with Crippen LogP contribution in [0.4, 0.5) is 11.8 Å². The lowest BCUT2D eigenvalue weighted by Gasteiger charge is -2.33. The Balaban J connectivity index is 1.62. The van der Waals surface area contributed by atoms with E-state index in [9.17, 15) is 0 Å². The first-order chi connectivity index (χ1) is 11.6. The second-order valence-corrected chi connectivity index (χ2v) is 6.67. The van der Waals surface area contributed by atoms with E-state index in [4.69, 9.17) is 0 Å². The fourth-order valence-electron chi connectivity index (χ4n) is 3.20. The Bertz CT molecular complexity index is 658. The molecule has 6 nitrogen and oxygen atoms in total. The number of nitrogens with one attached hydrogen (secondary N) is 1. The average molecular weight is 326 g/mol. The summed E-state index contributed by atoms with van der Waals surface area (Å²) in [5.74, 6) is 1.69. The summed E-state index contributed by atoms with van der Waals surface area (Å²) in [5, 5.41) is 3.51. The first-order valence-corrected chi connectivity index (χ1v) is 8.50. The van der Waals surface area contributed by atoms with Crippen LogP contribution < -0.4 is 10.2 Å². The summed E-state index contributed by atoms with van der Waals surface area (Å²) < 4.78 is 0. The van der Waals surface area contributed by atoms with Gasteiger partial charge in [-0.1, -0.05) is 6.07 Å². The van der Waals surface area contributed by atoms with Crippen LogP contribution in [-0.4, -0.2) is 53.1 Å². The number of rotatable bonds is 5. The molecule has 128 valence electrons. The number of anilines is 2. The van der Waals surface area contributed by atoms with Crippen molar-refractivity contribution in [2.24, 2.45) is 0 Å². The van der Waals surface area contributed by atoms with Gasteiger partial charge in [-0.15, -0.1) is 0 Å². The molecule has 0 aliphatic carbocycles. The van der Waals surface area contributed by atoms with Crippen LogP contribution in [0.25, 0.3) is 0 Å². The van der Waals surface area contributed by atoms with E-state index in [1.807, 2.05) is 50.6 Å². The molecule has 1 N–H and O–H groups in total. The highest BCUT2D eigenvalue weighted by Gasteiger charge is 2.21. The topological polar surface area (TPSA) is 57.2 Å².